The van der Waals surface area contributed by atoms with E-state index in [-0.39, 0.29) is 24.2 Å². The Hall–Kier alpha value is -2.15. The van der Waals surface area contributed by atoms with Crippen LogP contribution in [-0.2, 0) is 4.79 Å². The monoisotopic (exact) mass is 381 g/mol. The summed E-state index contributed by atoms with van der Waals surface area (Å²) in [5.74, 6) is -0.256. The van der Waals surface area contributed by atoms with Crippen LogP contribution >= 0.6 is 23.2 Å². The molecule has 0 heterocycles. The Labute approximate surface area is 155 Å². The number of anilines is 1. The van der Waals surface area contributed by atoms with Crippen LogP contribution in [0.4, 0.5) is 11.4 Å². The first-order chi connectivity index (χ1) is 11.8. The third kappa shape index (κ3) is 5.16. The van der Waals surface area contributed by atoms with Crippen molar-refractivity contribution in [3.63, 3.8) is 0 Å². The maximum absolute atomic E-state index is 12.1. The Morgan fingerprint density at radius 1 is 1.24 bits per heavy atom. The van der Waals surface area contributed by atoms with E-state index in [4.69, 9.17) is 23.2 Å². The average Bonchev–Trinajstić information content (AvgIpc) is 2.54. The summed E-state index contributed by atoms with van der Waals surface area (Å²) in [5.41, 5.74) is 1.98. The number of carbonyl (C=O) groups is 1. The molecule has 6 nitrogen and oxygen atoms in total. The van der Waals surface area contributed by atoms with Crippen LogP contribution in [-0.4, -0.2) is 17.4 Å². The maximum Gasteiger partial charge on any atom is 0.269 e. The Morgan fingerprint density at radius 3 is 2.56 bits per heavy atom. The predicted octanol–water partition coefficient (Wildman–Crippen LogP) is 4.50. The van der Waals surface area contributed by atoms with Gasteiger partial charge in [-0.05, 0) is 43.2 Å². The van der Waals surface area contributed by atoms with Crippen LogP contribution in [0.5, 0.6) is 0 Å². The zero-order valence-electron chi connectivity index (χ0n) is 13.7. The molecule has 8 heteroatoms. The van der Waals surface area contributed by atoms with E-state index in [1.54, 1.807) is 25.1 Å². The summed E-state index contributed by atoms with van der Waals surface area (Å²) in [6, 6.07) is 9.34. The van der Waals surface area contributed by atoms with E-state index in [0.29, 0.717) is 21.3 Å². The SMILES string of the molecule is Cc1cc([N+](=O)[O-])ccc1NC(=O)CN[C@@H](C)c1ccc(Cl)cc1Cl. The average molecular weight is 382 g/mol. The zero-order chi connectivity index (χ0) is 18.6. The van der Waals surface area contributed by atoms with Crippen molar-refractivity contribution in [1.29, 1.82) is 0 Å². The van der Waals surface area contributed by atoms with Gasteiger partial charge in [-0.1, -0.05) is 29.3 Å². The fourth-order valence-corrected chi connectivity index (χ4v) is 2.88. The van der Waals surface area contributed by atoms with Gasteiger partial charge in [0.05, 0.1) is 11.5 Å². The number of non-ortho nitro benzene ring substituents is 1. The maximum atomic E-state index is 12.1. The van der Waals surface area contributed by atoms with E-state index in [1.807, 2.05) is 6.92 Å². The van der Waals surface area contributed by atoms with Gasteiger partial charge in [0, 0.05) is 33.9 Å². The predicted molar refractivity (Wildman–Crippen MR) is 99.3 cm³/mol. The normalized spacial score (nSPS) is 11.8. The molecule has 2 aromatic rings. The molecule has 2 N–H and O–H groups in total. The number of hydrogen-bond acceptors (Lipinski definition) is 4. The lowest BCUT2D eigenvalue weighted by Crippen LogP contribution is -2.30. The van der Waals surface area contributed by atoms with Crippen molar-refractivity contribution in [2.75, 3.05) is 11.9 Å². The van der Waals surface area contributed by atoms with E-state index in [2.05, 4.69) is 10.6 Å². The molecule has 0 fully saturated rings. The summed E-state index contributed by atoms with van der Waals surface area (Å²) >= 11 is 12.0. The molecule has 0 saturated heterocycles. The van der Waals surface area contributed by atoms with Gasteiger partial charge in [-0.15, -0.1) is 0 Å². The van der Waals surface area contributed by atoms with E-state index in [9.17, 15) is 14.9 Å². The third-order valence-electron chi connectivity index (χ3n) is 3.69. The zero-order valence-corrected chi connectivity index (χ0v) is 15.2. The molecular weight excluding hydrogens is 365 g/mol. The van der Waals surface area contributed by atoms with Gasteiger partial charge in [0.25, 0.3) is 5.69 Å². The molecule has 0 aliphatic carbocycles. The molecule has 25 heavy (non-hydrogen) atoms. The molecule has 132 valence electrons. The lowest BCUT2D eigenvalue weighted by molar-refractivity contribution is -0.384. The molecule has 1 amide bonds. The van der Waals surface area contributed by atoms with Crippen LogP contribution in [0, 0.1) is 17.0 Å². The van der Waals surface area contributed by atoms with Gasteiger partial charge in [-0.25, -0.2) is 0 Å². The molecule has 0 radical (unpaired) electrons. The highest BCUT2D eigenvalue weighted by Gasteiger charge is 2.13. The Balaban J connectivity index is 1.95. The first kappa shape index (κ1) is 19.2. The van der Waals surface area contributed by atoms with Crippen molar-refractivity contribution in [3.05, 3.63) is 67.7 Å². The second-order valence-corrected chi connectivity index (χ2v) is 6.42. The molecule has 0 unspecified atom stereocenters. The Bertz CT molecular complexity index is 812. The Morgan fingerprint density at radius 2 is 1.96 bits per heavy atom. The topological polar surface area (TPSA) is 84.3 Å². The lowest BCUT2D eigenvalue weighted by Gasteiger charge is -2.16. The first-order valence-corrected chi connectivity index (χ1v) is 8.26. The minimum absolute atomic E-state index is 0.0142. The van der Waals surface area contributed by atoms with Gasteiger partial charge >= 0.3 is 0 Å². The van der Waals surface area contributed by atoms with Crippen molar-refractivity contribution in [2.24, 2.45) is 0 Å². The minimum Gasteiger partial charge on any atom is -0.325 e. The summed E-state index contributed by atoms with van der Waals surface area (Å²) in [6.45, 7) is 3.65. The second-order valence-electron chi connectivity index (χ2n) is 5.57. The quantitative estimate of drug-likeness (QED) is 0.569. The van der Waals surface area contributed by atoms with Crippen LogP contribution in [0.25, 0.3) is 0 Å². The molecule has 0 aromatic heterocycles. The van der Waals surface area contributed by atoms with Crippen molar-refractivity contribution in [3.8, 4) is 0 Å². The summed E-state index contributed by atoms with van der Waals surface area (Å²) in [5, 5.41) is 17.6. The fraction of sp³-hybridized carbons (Fsp3) is 0.235. The van der Waals surface area contributed by atoms with E-state index < -0.39 is 4.92 Å². The lowest BCUT2D eigenvalue weighted by atomic mass is 10.1. The first-order valence-electron chi connectivity index (χ1n) is 7.51. The molecular formula is C17H17Cl2N3O3. The standard InChI is InChI=1S/C17H17Cl2N3O3/c1-10-7-13(22(24)25)4-6-16(10)21-17(23)9-20-11(2)14-5-3-12(18)8-15(14)19/h3-8,11,20H,9H2,1-2H3,(H,21,23)/t11-/m0/s1. The number of carbonyl (C=O) groups excluding carboxylic acids is 1. The van der Waals surface area contributed by atoms with Crippen molar-refractivity contribution < 1.29 is 9.72 Å². The molecule has 0 aliphatic rings. The summed E-state index contributed by atoms with van der Waals surface area (Å²) in [6.07, 6.45) is 0. The highest BCUT2D eigenvalue weighted by molar-refractivity contribution is 6.35. The van der Waals surface area contributed by atoms with Gasteiger partial charge in [-0.3, -0.25) is 14.9 Å². The minimum atomic E-state index is -0.475. The number of nitrogens with one attached hydrogen (secondary N) is 2. The largest absolute Gasteiger partial charge is 0.325 e. The number of nitro benzene ring substituents is 1. The van der Waals surface area contributed by atoms with Gasteiger partial charge < -0.3 is 10.6 Å². The van der Waals surface area contributed by atoms with Gasteiger partial charge in [0.2, 0.25) is 5.91 Å². The summed E-state index contributed by atoms with van der Waals surface area (Å²) < 4.78 is 0. The number of amides is 1. The van der Waals surface area contributed by atoms with Crippen LogP contribution in [0.15, 0.2) is 36.4 Å². The highest BCUT2D eigenvalue weighted by Crippen LogP contribution is 2.26. The number of aryl methyl sites for hydroxylation is 1. The second kappa shape index (κ2) is 8.29. The highest BCUT2D eigenvalue weighted by atomic mass is 35.5. The van der Waals surface area contributed by atoms with E-state index in [0.717, 1.165) is 5.56 Å². The molecule has 0 bridgehead atoms. The van der Waals surface area contributed by atoms with E-state index in [1.165, 1.54) is 18.2 Å². The molecule has 0 aliphatic heterocycles. The van der Waals surface area contributed by atoms with Crippen LogP contribution in [0.3, 0.4) is 0 Å². The fourth-order valence-electron chi connectivity index (χ4n) is 2.30. The van der Waals surface area contributed by atoms with Crippen molar-refractivity contribution in [1.82, 2.24) is 5.32 Å². The van der Waals surface area contributed by atoms with Crippen LogP contribution in [0.1, 0.15) is 24.1 Å². The number of benzene rings is 2. The van der Waals surface area contributed by atoms with Crippen LogP contribution < -0.4 is 10.6 Å². The number of nitrogens with zero attached hydrogens (tertiary/aromatic N) is 1. The molecule has 2 aromatic carbocycles. The molecule has 1 atom stereocenters. The number of hydrogen-bond donors (Lipinski definition) is 2. The van der Waals surface area contributed by atoms with Gasteiger partial charge in [-0.2, -0.15) is 0 Å². The van der Waals surface area contributed by atoms with Crippen molar-refractivity contribution in [2.45, 2.75) is 19.9 Å². The smallest absolute Gasteiger partial charge is 0.269 e. The summed E-state index contributed by atoms with van der Waals surface area (Å²) in [7, 11) is 0. The molecule has 0 saturated carbocycles. The van der Waals surface area contributed by atoms with Crippen LogP contribution in [0.2, 0.25) is 10.0 Å². The van der Waals surface area contributed by atoms with Crippen molar-refractivity contribution >= 4 is 40.5 Å². The molecule has 0 spiro atoms. The Kier molecular flexibility index (Phi) is 6.36. The third-order valence-corrected chi connectivity index (χ3v) is 4.26. The number of rotatable bonds is 6. The van der Waals surface area contributed by atoms with E-state index >= 15 is 0 Å². The summed E-state index contributed by atoms with van der Waals surface area (Å²) in [4.78, 5) is 22.4. The van der Waals surface area contributed by atoms with Gasteiger partial charge in [0.15, 0.2) is 0 Å². The van der Waals surface area contributed by atoms with Gasteiger partial charge in [0.1, 0.15) is 0 Å². The number of nitro groups is 1. The number of halogens is 2. The molecule has 2 rings (SSSR count).